The average molecular weight is 394 g/mol. The summed E-state index contributed by atoms with van der Waals surface area (Å²) < 4.78 is 5.12. The lowest BCUT2D eigenvalue weighted by atomic mass is 10.1. The van der Waals surface area contributed by atoms with Crippen LogP contribution in [-0.2, 0) is 0 Å². The summed E-state index contributed by atoms with van der Waals surface area (Å²) in [6, 6.07) is 11.0. The summed E-state index contributed by atoms with van der Waals surface area (Å²) in [6.07, 6.45) is 0. The van der Waals surface area contributed by atoms with Crippen LogP contribution >= 0.6 is 23.2 Å². The number of nitrogens with one attached hydrogen (secondary N) is 1. The summed E-state index contributed by atoms with van der Waals surface area (Å²) in [6.45, 7) is 4.82. The molecule has 0 bridgehead atoms. The monoisotopic (exact) mass is 393 g/mol. The Morgan fingerprint density at radius 1 is 1.08 bits per heavy atom. The minimum Gasteiger partial charge on any atom is -0.495 e. The zero-order valence-electron chi connectivity index (χ0n) is 14.8. The zero-order valence-corrected chi connectivity index (χ0v) is 16.3. The molecular formula is C19H21Cl2N3O2. The molecule has 0 radical (unpaired) electrons. The second kappa shape index (κ2) is 8.06. The van der Waals surface area contributed by atoms with E-state index in [0.29, 0.717) is 29.5 Å². The molecule has 3 rings (SSSR count). The van der Waals surface area contributed by atoms with Crippen molar-refractivity contribution in [3.63, 3.8) is 0 Å². The SMILES string of the molecule is COc1ccc(NC(=O)N2CCN(c3cccc(Cl)c3C)CC2)cc1Cl. The fourth-order valence-electron chi connectivity index (χ4n) is 3.04. The Labute approximate surface area is 163 Å². The standard InChI is InChI=1S/C19H21Cl2N3O2/c1-13-15(20)4-3-5-17(13)23-8-10-24(11-9-23)19(25)22-14-6-7-18(26-2)16(21)12-14/h3-7,12H,8-11H2,1-2H3,(H,22,25). The largest absolute Gasteiger partial charge is 0.495 e. The van der Waals surface area contributed by atoms with Gasteiger partial charge in [0, 0.05) is 42.6 Å². The zero-order chi connectivity index (χ0) is 18.7. The molecule has 0 aliphatic carbocycles. The number of hydrogen-bond acceptors (Lipinski definition) is 3. The predicted octanol–water partition coefficient (Wildman–Crippen LogP) is 4.66. The Morgan fingerprint density at radius 2 is 1.81 bits per heavy atom. The molecular weight excluding hydrogens is 373 g/mol. The smallest absolute Gasteiger partial charge is 0.321 e. The van der Waals surface area contributed by atoms with E-state index in [2.05, 4.69) is 16.3 Å². The minimum atomic E-state index is -0.131. The van der Waals surface area contributed by atoms with Crippen LogP contribution in [0.3, 0.4) is 0 Å². The van der Waals surface area contributed by atoms with E-state index in [0.717, 1.165) is 29.4 Å². The molecule has 138 valence electrons. The van der Waals surface area contributed by atoms with Gasteiger partial charge in [-0.2, -0.15) is 0 Å². The summed E-state index contributed by atoms with van der Waals surface area (Å²) in [5.74, 6) is 0.579. The molecule has 0 atom stereocenters. The molecule has 1 N–H and O–H groups in total. The molecule has 7 heteroatoms. The van der Waals surface area contributed by atoms with Gasteiger partial charge in [-0.05, 0) is 42.8 Å². The Kier molecular flexibility index (Phi) is 5.79. The Morgan fingerprint density at radius 3 is 2.46 bits per heavy atom. The number of amides is 2. The lowest BCUT2D eigenvalue weighted by Crippen LogP contribution is -2.50. The summed E-state index contributed by atoms with van der Waals surface area (Å²) in [7, 11) is 1.56. The molecule has 2 aromatic carbocycles. The highest BCUT2D eigenvalue weighted by Crippen LogP contribution is 2.28. The highest BCUT2D eigenvalue weighted by molar-refractivity contribution is 6.32. The quantitative estimate of drug-likeness (QED) is 0.823. The molecule has 1 saturated heterocycles. The third-order valence-electron chi connectivity index (χ3n) is 4.55. The molecule has 0 aromatic heterocycles. The number of rotatable bonds is 3. The molecule has 2 aromatic rings. The number of carbonyl (C=O) groups is 1. The molecule has 0 spiro atoms. The van der Waals surface area contributed by atoms with Gasteiger partial charge in [0.2, 0.25) is 0 Å². The third kappa shape index (κ3) is 4.00. The third-order valence-corrected chi connectivity index (χ3v) is 5.25. The van der Waals surface area contributed by atoms with Crippen LogP contribution in [0.15, 0.2) is 36.4 Å². The van der Waals surface area contributed by atoms with Crippen LogP contribution in [0.2, 0.25) is 10.0 Å². The second-order valence-corrected chi connectivity index (χ2v) is 6.95. The Hall–Kier alpha value is -2.11. The average Bonchev–Trinajstić information content (AvgIpc) is 2.64. The Bertz CT molecular complexity index is 805. The van der Waals surface area contributed by atoms with Gasteiger partial charge in [-0.25, -0.2) is 4.79 Å². The van der Waals surface area contributed by atoms with Gasteiger partial charge in [0.1, 0.15) is 5.75 Å². The molecule has 1 aliphatic heterocycles. The van der Waals surface area contributed by atoms with Crippen LogP contribution < -0.4 is 15.0 Å². The van der Waals surface area contributed by atoms with E-state index in [1.807, 2.05) is 19.1 Å². The van der Waals surface area contributed by atoms with Gasteiger partial charge < -0.3 is 19.9 Å². The molecule has 1 aliphatic rings. The van der Waals surface area contributed by atoms with Crippen LogP contribution in [-0.4, -0.2) is 44.2 Å². The van der Waals surface area contributed by atoms with Gasteiger partial charge in [0.25, 0.3) is 0 Å². The van der Waals surface area contributed by atoms with Crippen molar-refractivity contribution < 1.29 is 9.53 Å². The van der Waals surface area contributed by atoms with Crippen LogP contribution in [0.4, 0.5) is 16.2 Å². The number of anilines is 2. The lowest BCUT2D eigenvalue weighted by Gasteiger charge is -2.36. The van der Waals surface area contributed by atoms with E-state index in [1.54, 1.807) is 30.2 Å². The topological polar surface area (TPSA) is 44.8 Å². The highest BCUT2D eigenvalue weighted by Gasteiger charge is 2.22. The van der Waals surface area contributed by atoms with Gasteiger partial charge in [-0.15, -0.1) is 0 Å². The maximum Gasteiger partial charge on any atom is 0.321 e. The van der Waals surface area contributed by atoms with Gasteiger partial charge in [0.05, 0.1) is 12.1 Å². The van der Waals surface area contributed by atoms with Gasteiger partial charge in [-0.1, -0.05) is 29.3 Å². The summed E-state index contributed by atoms with van der Waals surface area (Å²) in [4.78, 5) is 16.6. The first kappa shape index (κ1) is 18.7. The number of nitrogens with zero attached hydrogens (tertiary/aromatic N) is 2. The predicted molar refractivity (Wildman–Crippen MR) is 107 cm³/mol. The minimum absolute atomic E-state index is 0.131. The normalized spacial score (nSPS) is 14.3. The maximum atomic E-state index is 12.5. The number of carbonyl (C=O) groups excluding carboxylic acids is 1. The molecule has 0 saturated carbocycles. The lowest BCUT2D eigenvalue weighted by molar-refractivity contribution is 0.208. The highest BCUT2D eigenvalue weighted by atomic mass is 35.5. The van der Waals surface area contributed by atoms with Crippen molar-refractivity contribution in [2.45, 2.75) is 6.92 Å². The van der Waals surface area contributed by atoms with Crippen molar-refractivity contribution in [2.75, 3.05) is 43.5 Å². The van der Waals surface area contributed by atoms with Gasteiger partial charge in [0.15, 0.2) is 0 Å². The van der Waals surface area contributed by atoms with Crippen LogP contribution in [0.25, 0.3) is 0 Å². The van der Waals surface area contributed by atoms with E-state index in [1.165, 1.54) is 0 Å². The number of benzene rings is 2. The van der Waals surface area contributed by atoms with E-state index in [4.69, 9.17) is 27.9 Å². The first-order valence-corrected chi connectivity index (χ1v) is 9.14. The van der Waals surface area contributed by atoms with E-state index >= 15 is 0 Å². The van der Waals surface area contributed by atoms with E-state index in [-0.39, 0.29) is 6.03 Å². The number of piperazine rings is 1. The Balaban J connectivity index is 1.60. The van der Waals surface area contributed by atoms with Gasteiger partial charge >= 0.3 is 6.03 Å². The van der Waals surface area contributed by atoms with Crippen LogP contribution in [0.5, 0.6) is 5.75 Å². The van der Waals surface area contributed by atoms with Crippen molar-refractivity contribution in [1.82, 2.24) is 4.90 Å². The van der Waals surface area contributed by atoms with Crippen LogP contribution in [0, 0.1) is 6.92 Å². The molecule has 1 fully saturated rings. The number of hydrogen-bond donors (Lipinski definition) is 1. The van der Waals surface area contributed by atoms with Crippen molar-refractivity contribution in [3.05, 3.63) is 52.0 Å². The molecule has 0 unspecified atom stereocenters. The van der Waals surface area contributed by atoms with Crippen molar-refractivity contribution in [3.8, 4) is 5.75 Å². The van der Waals surface area contributed by atoms with Crippen molar-refractivity contribution in [1.29, 1.82) is 0 Å². The van der Waals surface area contributed by atoms with E-state index < -0.39 is 0 Å². The van der Waals surface area contributed by atoms with Crippen molar-refractivity contribution in [2.24, 2.45) is 0 Å². The molecule has 1 heterocycles. The number of urea groups is 1. The summed E-state index contributed by atoms with van der Waals surface area (Å²) in [5, 5.41) is 4.11. The second-order valence-electron chi connectivity index (χ2n) is 6.14. The molecule has 2 amide bonds. The fraction of sp³-hybridized carbons (Fsp3) is 0.316. The first-order valence-electron chi connectivity index (χ1n) is 8.39. The van der Waals surface area contributed by atoms with Crippen molar-refractivity contribution >= 4 is 40.6 Å². The fourth-order valence-corrected chi connectivity index (χ4v) is 3.46. The van der Waals surface area contributed by atoms with E-state index in [9.17, 15) is 4.79 Å². The molecule has 26 heavy (non-hydrogen) atoms. The van der Waals surface area contributed by atoms with Gasteiger partial charge in [-0.3, -0.25) is 0 Å². The first-order chi connectivity index (χ1) is 12.5. The molecule has 5 nitrogen and oxygen atoms in total. The number of methoxy groups -OCH3 is 1. The summed E-state index contributed by atoms with van der Waals surface area (Å²) >= 11 is 12.3. The number of ether oxygens (including phenoxy) is 1. The summed E-state index contributed by atoms with van der Waals surface area (Å²) in [5.41, 5.74) is 2.84. The van der Waals surface area contributed by atoms with Crippen LogP contribution in [0.1, 0.15) is 5.56 Å². The number of halogens is 2. The maximum absolute atomic E-state index is 12.5.